The van der Waals surface area contributed by atoms with Crippen LogP contribution in [0.3, 0.4) is 0 Å². The van der Waals surface area contributed by atoms with Crippen LogP contribution >= 0.6 is 11.3 Å². The van der Waals surface area contributed by atoms with Gasteiger partial charge in [-0.2, -0.15) is 4.73 Å². The average Bonchev–Trinajstić information content (AvgIpc) is 3.40. The molecule has 220 valence electrons. The number of nitrogens with one attached hydrogen (secondary N) is 3. The van der Waals surface area contributed by atoms with Crippen LogP contribution in [0.4, 0.5) is 0 Å². The molecule has 0 aliphatic heterocycles. The molecule has 2 aromatic carbocycles. The number of carbonyl (C=O) groups excluding carboxylic acids is 3. The van der Waals surface area contributed by atoms with Gasteiger partial charge in [-0.25, -0.2) is 0 Å². The quantitative estimate of drug-likeness (QED) is 0.148. The summed E-state index contributed by atoms with van der Waals surface area (Å²) in [6.45, 7) is 5.51. The van der Waals surface area contributed by atoms with Gasteiger partial charge in [-0.3, -0.25) is 14.4 Å². The van der Waals surface area contributed by atoms with E-state index in [1.165, 1.54) is 17.5 Å². The number of fused-ring (bicyclic) bond motifs is 1. The van der Waals surface area contributed by atoms with Crippen LogP contribution in [0, 0.1) is 11.1 Å². The molecule has 0 fully saturated rings. The van der Waals surface area contributed by atoms with Gasteiger partial charge in [0.05, 0.1) is 23.4 Å². The molecule has 2 aromatic heterocycles. The molecule has 0 saturated carbocycles. The minimum atomic E-state index is -1.05. The van der Waals surface area contributed by atoms with Crippen molar-refractivity contribution in [3.8, 4) is 11.3 Å². The number of pyridine rings is 1. The SMILES string of the molecule is CC(C)C[C@H](NC(=O)c1cc2ccccc2s1)C(=O)N[C@@H](C)C(O)CNC(=O)Cc1cccc(-c2cccc[n+]2[O-])c1. The molecule has 0 spiro atoms. The molecule has 4 rings (SSSR count). The Morgan fingerprint density at radius 3 is 2.45 bits per heavy atom. The van der Waals surface area contributed by atoms with Gasteiger partial charge in [-0.05, 0) is 60.5 Å². The number of thiophene rings is 1. The number of amides is 3. The van der Waals surface area contributed by atoms with Crippen molar-refractivity contribution in [1.29, 1.82) is 0 Å². The number of aromatic nitrogens is 1. The number of rotatable bonds is 12. The fraction of sp³-hybridized carbons (Fsp3) is 0.312. The first kappa shape index (κ1) is 30.7. The van der Waals surface area contributed by atoms with E-state index in [-0.39, 0.29) is 30.7 Å². The van der Waals surface area contributed by atoms with Crippen molar-refractivity contribution < 1.29 is 24.2 Å². The maximum absolute atomic E-state index is 13.1. The molecule has 4 aromatic rings. The minimum absolute atomic E-state index is 0.0627. The van der Waals surface area contributed by atoms with E-state index in [2.05, 4.69) is 16.0 Å². The highest BCUT2D eigenvalue weighted by molar-refractivity contribution is 7.20. The number of aliphatic hydroxyl groups is 1. The third-order valence-electron chi connectivity index (χ3n) is 6.85. The fourth-order valence-electron chi connectivity index (χ4n) is 4.58. The minimum Gasteiger partial charge on any atom is -0.618 e. The standard InChI is InChI=1S/C32H36N4O5S/c1-20(2)15-25(35-32(40)29-18-24-10-4-5-13-28(24)42-29)31(39)34-21(3)27(37)19-33-30(38)17-22-9-8-11-23(16-22)26-12-6-7-14-36(26)41/h4-14,16,18,20-21,25,27,37H,15,17,19H2,1-3H3,(H,33,38)(H,34,39)(H,35,40)/t21-,25-,27?/m0/s1. The highest BCUT2D eigenvalue weighted by Crippen LogP contribution is 2.25. The number of benzene rings is 2. The topological polar surface area (TPSA) is 134 Å². The van der Waals surface area contributed by atoms with Crippen molar-refractivity contribution in [2.45, 2.75) is 51.8 Å². The Balaban J connectivity index is 1.29. The Kier molecular flexibility index (Phi) is 10.3. The highest BCUT2D eigenvalue weighted by Gasteiger charge is 2.26. The summed E-state index contributed by atoms with van der Waals surface area (Å²) in [7, 11) is 0. The van der Waals surface area contributed by atoms with Crippen molar-refractivity contribution in [2.24, 2.45) is 5.92 Å². The molecule has 0 aliphatic carbocycles. The molecule has 42 heavy (non-hydrogen) atoms. The first-order chi connectivity index (χ1) is 20.1. The average molecular weight is 589 g/mol. The number of hydrogen-bond donors (Lipinski definition) is 4. The van der Waals surface area contributed by atoms with Crippen LogP contribution in [0.15, 0.2) is 79.0 Å². The van der Waals surface area contributed by atoms with Gasteiger partial charge in [0.25, 0.3) is 5.91 Å². The molecular weight excluding hydrogens is 552 g/mol. The Morgan fingerprint density at radius 1 is 0.952 bits per heavy atom. The molecule has 1 unspecified atom stereocenters. The van der Waals surface area contributed by atoms with E-state index in [4.69, 9.17) is 0 Å². The van der Waals surface area contributed by atoms with E-state index >= 15 is 0 Å². The van der Waals surface area contributed by atoms with Crippen LogP contribution in [-0.4, -0.2) is 47.6 Å². The molecule has 0 bridgehead atoms. The number of aliphatic hydroxyl groups excluding tert-OH is 1. The zero-order valence-corrected chi connectivity index (χ0v) is 24.7. The first-order valence-corrected chi connectivity index (χ1v) is 14.7. The zero-order valence-electron chi connectivity index (χ0n) is 23.9. The summed E-state index contributed by atoms with van der Waals surface area (Å²) in [6, 6.07) is 20.4. The smallest absolute Gasteiger partial charge is 0.262 e. The van der Waals surface area contributed by atoms with E-state index < -0.39 is 24.1 Å². The number of carbonyl (C=O) groups is 3. The summed E-state index contributed by atoms with van der Waals surface area (Å²) >= 11 is 1.37. The Morgan fingerprint density at radius 2 is 1.71 bits per heavy atom. The molecule has 3 atom stereocenters. The summed E-state index contributed by atoms with van der Waals surface area (Å²) in [5.41, 5.74) is 1.90. The van der Waals surface area contributed by atoms with Gasteiger partial charge in [0.1, 0.15) is 6.04 Å². The monoisotopic (exact) mass is 588 g/mol. The second kappa shape index (κ2) is 14.1. The van der Waals surface area contributed by atoms with E-state index in [9.17, 15) is 24.7 Å². The van der Waals surface area contributed by atoms with Gasteiger partial charge < -0.3 is 26.3 Å². The maximum atomic E-state index is 13.1. The molecule has 3 amide bonds. The lowest BCUT2D eigenvalue weighted by Gasteiger charge is -2.25. The second-order valence-electron chi connectivity index (χ2n) is 10.8. The molecule has 2 heterocycles. The highest BCUT2D eigenvalue weighted by atomic mass is 32.1. The molecule has 0 radical (unpaired) electrons. The maximum Gasteiger partial charge on any atom is 0.262 e. The fourth-order valence-corrected chi connectivity index (χ4v) is 5.55. The lowest BCUT2D eigenvalue weighted by atomic mass is 10.0. The normalized spacial score (nSPS) is 13.4. The van der Waals surface area contributed by atoms with Crippen molar-refractivity contribution in [1.82, 2.24) is 16.0 Å². The Hall–Kier alpha value is -4.28. The summed E-state index contributed by atoms with van der Waals surface area (Å²) < 4.78 is 1.76. The predicted octanol–water partition coefficient (Wildman–Crippen LogP) is 3.57. The van der Waals surface area contributed by atoms with Gasteiger partial charge >= 0.3 is 0 Å². The van der Waals surface area contributed by atoms with Gasteiger partial charge in [0.2, 0.25) is 17.5 Å². The second-order valence-corrected chi connectivity index (χ2v) is 11.8. The molecule has 9 nitrogen and oxygen atoms in total. The van der Waals surface area contributed by atoms with E-state index in [1.807, 2.05) is 44.2 Å². The van der Waals surface area contributed by atoms with Gasteiger partial charge in [0, 0.05) is 28.9 Å². The molecular formula is C32H36N4O5S. The van der Waals surface area contributed by atoms with Crippen LogP contribution in [0.2, 0.25) is 0 Å². The summed E-state index contributed by atoms with van der Waals surface area (Å²) in [4.78, 5) is 39.2. The van der Waals surface area contributed by atoms with Crippen molar-refractivity contribution in [3.05, 3.63) is 94.6 Å². The number of hydrogen-bond acceptors (Lipinski definition) is 6. The largest absolute Gasteiger partial charge is 0.618 e. The van der Waals surface area contributed by atoms with Crippen LogP contribution in [-0.2, 0) is 16.0 Å². The third kappa shape index (κ3) is 8.14. The van der Waals surface area contributed by atoms with E-state index in [0.717, 1.165) is 20.4 Å². The van der Waals surface area contributed by atoms with Gasteiger partial charge in [0.15, 0.2) is 6.20 Å². The summed E-state index contributed by atoms with van der Waals surface area (Å²) in [5, 5.41) is 32.1. The van der Waals surface area contributed by atoms with Crippen molar-refractivity contribution in [2.75, 3.05) is 6.54 Å². The van der Waals surface area contributed by atoms with E-state index in [1.54, 1.807) is 49.4 Å². The van der Waals surface area contributed by atoms with Crippen molar-refractivity contribution in [3.63, 3.8) is 0 Å². The van der Waals surface area contributed by atoms with Gasteiger partial charge in [-0.15, -0.1) is 11.3 Å². The Bertz CT molecular complexity index is 1520. The van der Waals surface area contributed by atoms with Crippen LogP contribution in [0.1, 0.15) is 42.4 Å². The van der Waals surface area contributed by atoms with Crippen LogP contribution < -0.4 is 20.7 Å². The predicted molar refractivity (Wildman–Crippen MR) is 164 cm³/mol. The summed E-state index contributed by atoms with van der Waals surface area (Å²) in [5.74, 6) is -0.883. The third-order valence-corrected chi connectivity index (χ3v) is 7.96. The summed E-state index contributed by atoms with van der Waals surface area (Å²) in [6.07, 6.45) is 0.857. The molecule has 0 aliphatic rings. The molecule has 10 heteroatoms. The molecule has 4 N–H and O–H groups in total. The van der Waals surface area contributed by atoms with Crippen LogP contribution in [0.25, 0.3) is 21.3 Å². The first-order valence-electron chi connectivity index (χ1n) is 13.9. The lowest BCUT2D eigenvalue weighted by molar-refractivity contribution is -0.593. The lowest BCUT2D eigenvalue weighted by Crippen LogP contribution is -2.53. The Labute approximate surface area is 249 Å². The van der Waals surface area contributed by atoms with Crippen molar-refractivity contribution >= 4 is 39.1 Å². The zero-order chi connectivity index (χ0) is 30.2. The van der Waals surface area contributed by atoms with Crippen LogP contribution in [0.5, 0.6) is 0 Å². The number of nitrogens with zero attached hydrogens (tertiary/aromatic N) is 1. The molecule has 0 saturated heterocycles. The van der Waals surface area contributed by atoms with E-state index in [0.29, 0.717) is 22.6 Å². The van der Waals surface area contributed by atoms with Gasteiger partial charge in [-0.1, -0.05) is 44.2 Å².